The summed E-state index contributed by atoms with van der Waals surface area (Å²) in [6.45, 7) is 1.08. The second-order valence-electron chi connectivity index (χ2n) is 7.37. The Kier molecular flexibility index (Phi) is 3.77. The Morgan fingerprint density at radius 2 is 1.93 bits per heavy atom. The number of fused-ring (bicyclic) bond motifs is 2. The Hall–Kier alpha value is -3.02. The fraction of sp³-hybridized carbons (Fsp3) is 0.333. The average molecular weight is 359 g/mol. The molecule has 3 heterocycles. The maximum Gasteiger partial charge on any atom is 0.277 e. The molecule has 5 rings (SSSR count). The summed E-state index contributed by atoms with van der Waals surface area (Å²) in [5, 5.41) is 4.35. The Morgan fingerprint density at radius 3 is 2.78 bits per heavy atom. The van der Waals surface area contributed by atoms with E-state index in [-0.39, 0.29) is 5.56 Å². The van der Waals surface area contributed by atoms with E-state index in [9.17, 15) is 4.79 Å². The molecule has 0 saturated heterocycles. The molecular formula is C21H21N5O. The van der Waals surface area contributed by atoms with Crippen LogP contribution in [0, 0.1) is 0 Å². The van der Waals surface area contributed by atoms with Gasteiger partial charge in [-0.1, -0.05) is 12.1 Å². The molecule has 3 aromatic rings. The summed E-state index contributed by atoms with van der Waals surface area (Å²) in [4.78, 5) is 23.5. The highest BCUT2D eigenvalue weighted by atomic mass is 16.1. The molecule has 27 heavy (non-hydrogen) atoms. The van der Waals surface area contributed by atoms with Gasteiger partial charge in [0.1, 0.15) is 0 Å². The predicted molar refractivity (Wildman–Crippen MR) is 104 cm³/mol. The number of nitrogens with zero attached hydrogens (tertiary/aromatic N) is 5. The van der Waals surface area contributed by atoms with Crippen LogP contribution in [-0.4, -0.2) is 33.3 Å². The van der Waals surface area contributed by atoms with E-state index >= 15 is 0 Å². The highest BCUT2D eigenvalue weighted by molar-refractivity contribution is 5.61. The van der Waals surface area contributed by atoms with E-state index in [1.54, 1.807) is 18.5 Å². The minimum absolute atomic E-state index is 0.0878. The van der Waals surface area contributed by atoms with Gasteiger partial charge in [-0.2, -0.15) is 9.78 Å². The molecule has 0 spiro atoms. The molecule has 0 amide bonds. The quantitative estimate of drug-likeness (QED) is 0.702. The molecule has 1 atom stereocenters. The molecule has 2 aliphatic rings. The third-order valence-electron chi connectivity index (χ3n) is 5.85. The van der Waals surface area contributed by atoms with E-state index in [4.69, 9.17) is 0 Å². The summed E-state index contributed by atoms with van der Waals surface area (Å²) >= 11 is 0. The van der Waals surface area contributed by atoms with Crippen molar-refractivity contribution in [3.05, 3.63) is 75.5 Å². The molecule has 0 bridgehead atoms. The van der Waals surface area contributed by atoms with E-state index in [1.165, 1.54) is 21.5 Å². The van der Waals surface area contributed by atoms with Crippen LogP contribution < -0.4 is 10.5 Å². The van der Waals surface area contributed by atoms with Gasteiger partial charge in [-0.3, -0.25) is 4.79 Å². The van der Waals surface area contributed by atoms with Gasteiger partial charge in [-0.15, -0.1) is 0 Å². The molecule has 1 aromatic carbocycles. The van der Waals surface area contributed by atoms with Crippen molar-refractivity contribution in [3.8, 4) is 5.95 Å². The van der Waals surface area contributed by atoms with Gasteiger partial charge in [-0.25, -0.2) is 9.97 Å². The number of hydrogen-bond acceptors (Lipinski definition) is 5. The number of benzene rings is 1. The van der Waals surface area contributed by atoms with Crippen LogP contribution in [0.3, 0.4) is 0 Å². The lowest BCUT2D eigenvalue weighted by Crippen LogP contribution is -2.30. The van der Waals surface area contributed by atoms with Crippen LogP contribution in [0.2, 0.25) is 0 Å². The molecule has 0 saturated carbocycles. The van der Waals surface area contributed by atoms with Crippen molar-refractivity contribution in [1.82, 2.24) is 19.7 Å². The van der Waals surface area contributed by atoms with Crippen LogP contribution in [-0.2, 0) is 19.3 Å². The third kappa shape index (κ3) is 2.63. The number of likely N-dealkylation sites (N-methyl/N-ethyl adjacent to an activating group) is 1. The Labute approximate surface area is 157 Å². The van der Waals surface area contributed by atoms with Crippen molar-refractivity contribution < 1.29 is 0 Å². The number of rotatable bonds is 2. The first-order valence-corrected chi connectivity index (χ1v) is 9.43. The van der Waals surface area contributed by atoms with E-state index < -0.39 is 0 Å². The van der Waals surface area contributed by atoms with Crippen molar-refractivity contribution >= 4 is 5.69 Å². The van der Waals surface area contributed by atoms with Crippen molar-refractivity contribution in [2.24, 2.45) is 0 Å². The standard InChI is InChI=1S/C21H21N5O/c1-25-11-8-18-16(4-2-5-19(18)25)14-6-7-17-15(12-14)13-24-26(20(17)27)21-22-9-3-10-23-21/h2-5,9-10,13-14H,6-8,11-12H2,1H3. The first kappa shape index (κ1) is 16.2. The summed E-state index contributed by atoms with van der Waals surface area (Å²) in [6, 6.07) is 8.37. The minimum Gasteiger partial charge on any atom is -0.374 e. The zero-order valence-corrected chi connectivity index (χ0v) is 15.3. The average Bonchev–Trinajstić information content (AvgIpc) is 3.10. The normalized spacial score (nSPS) is 18.3. The summed E-state index contributed by atoms with van der Waals surface area (Å²) in [6.07, 6.45) is 8.81. The van der Waals surface area contributed by atoms with Crippen molar-refractivity contribution in [3.63, 3.8) is 0 Å². The van der Waals surface area contributed by atoms with Crippen LogP contribution in [0.25, 0.3) is 5.95 Å². The van der Waals surface area contributed by atoms with Crippen LogP contribution in [0.1, 0.15) is 34.6 Å². The van der Waals surface area contributed by atoms with Crippen LogP contribution in [0.4, 0.5) is 5.69 Å². The summed E-state index contributed by atoms with van der Waals surface area (Å²) < 4.78 is 1.31. The smallest absolute Gasteiger partial charge is 0.277 e. The largest absolute Gasteiger partial charge is 0.374 e. The monoisotopic (exact) mass is 359 g/mol. The molecule has 1 aliphatic carbocycles. The summed E-state index contributed by atoms with van der Waals surface area (Å²) in [7, 11) is 2.16. The van der Waals surface area contributed by atoms with Gasteiger partial charge < -0.3 is 4.90 Å². The Morgan fingerprint density at radius 1 is 1.07 bits per heavy atom. The molecule has 1 aliphatic heterocycles. The van der Waals surface area contributed by atoms with Gasteiger partial charge in [0.15, 0.2) is 0 Å². The van der Waals surface area contributed by atoms with Crippen molar-refractivity contribution in [2.45, 2.75) is 31.6 Å². The molecule has 0 fully saturated rings. The molecule has 0 N–H and O–H groups in total. The Bertz CT molecular complexity index is 1060. The highest BCUT2D eigenvalue weighted by Gasteiger charge is 2.28. The van der Waals surface area contributed by atoms with E-state index in [0.29, 0.717) is 11.9 Å². The van der Waals surface area contributed by atoms with Gasteiger partial charge >= 0.3 is 0 Å². The van der Waals surface area contributed by atoms with Crippen molar-refractivity contribution in [2.75, 3.05) is 18.5 Å². The molecule has 0 radical (unpaired) electrons. The van der Waals surface area contributed by atoms with E-state index in [2.05, 4.69) is 45.2 Å². The number of aromatic nitrogens is 4. The minimum atomic E-state index is -0.0878. The second-order valence-corrected chi connectivity index (χ2v) is 7.37. The fourth-order valence-electron chi connectivity index (χ4n) is 4.47. The zero-order valence-electron chi connectivity index (χ0n) is 15.3. The van der Waals surface area contributed by atoms with Crippen LogP contribution in [0.5, 0.6) is 0 Å². The van der Waals surface area contributed by atoms with E-state index in [0.717, 1.165) is 43.4 Å². The van der Waals surface area contributed by atoms with Crippen LogP contribution >= 0.6 is 0 Å². The second kappa shape index (κ2) is 6.30. The molecule has 2 aromatic heterocycles. The predicted octanol–water partition coefficient (Wildman–Crippen LogP) is 2.29. The van der Waals surface area contributed by atoms with Gasteiger partial charge in [0.05, 0.1) is 6.20 Å². The van der Waals surface area contributed by atoms with E-state index in [1.807, 2.05) is 6.20 Å². The number of hydrogen-bond donors (Lipinski definition) is 0. The lowest BCUT2D eigenvalue weighted by Gasteiger charge is -2.26. The van der Waals surface area contributed by atoms with Gasteiger partial charge in [0, 0.05) is 37.2 Å². The molecule has 6 nitrogen and oxygen atoms in total. The first-order chi connectivity index (χ1) is 13.2. The van der Waals surface area contributed by atoms with Gasteiger partial charge in [0.25, 0.3) is 11.5 Å². The van der Waals surface area contributed by atoms with Gasteiger partial charge in [-0.05, 0) is 60.4 Å². The molecule has 6 heteroatoms. The molecule has 136 valence electrons. The fourth-order valence-corrected chi connectivity index (χ4v) is 4.47. The third-order valence-corrected chi connectivity index (χ3v) is 5.85. The van der Waals surface area contributed by atoms with Crippen molar-refractivity contribution in [1.29, 1.82) is 0 Å². The molecular weight excluding hydrogens is 338 g/mol. The summed E-state index contributed by atoms with van der Waals surface area (Å²) in [5.41, 5.74) is 6.11. The lowest BCUT2D eigenvalue weighted by atomic mass is 9.79. The highest BCUT2D eigenvalue weighted by Crippen LogP contribution is 2.38. The maximum atomic E-state index is 12.9. The first-order valence-electron chi connectivity index (χ1n) is 9.43. The Balaban J connectivity index is 1.50. The maximum absolute atomic E-state index is 12.9. The molecule has 1 unspecified atom stereocenters. The topological polar surface area (TPSA) is 63.9 Å². The van der Waals surface area contributed by atoms with Crippen LogP contribution in [0.15, 0.2) is 47.7 Å². The number of anilines is 1. The van der Waals surface area contributed by atoms with Gasteiger partial charge in [0.2, 0.25) is 0 Å². The SMILES string of the molecule is CN1CCc2c(C3CCc4c(cnn(-c5ncccn5)c4=O)C3)cccc21. The zero-order chi connectivity index (χ0) is 18.4. The lowest BCUT2D eigenvalue weighted by molar-refractivity contribution is 0.563. The summed E-state index contributed by atoms with van der Waals surface area (Å²) in [5.74, 6) is 0.778.